The minimum absolute atomic E-state index is 0.0637. The van der Waals surface area contributed by atoms with Crippen molar-refractivity contribution in [2.75, 3.05) is 26.2 Å². The number of rotatable bonds is 3. The summed E-state index contributed by atoms with van der Waals surface area (Å²) in [6, 6.07) is 0. The molecule has 0 radical (unpaired) electrons. The molecule has 0 aliphatic carbocycles. The summed E-state index contributed by atoms with van der Waals surface area (Å²) >= 11 is 0. The molecule has 2 aliphatic rings. The van der Waals surface area contributed by atoms with Crippen LogP contribution in [0.5, 0.6) is 0 Å². The number of amides is 2. The predicted octanol–water partition coefficient (Wildman–Crippen LogP) is 1.92. The van der Waals surface area contributed by atoms with E-state index in [-0.39, 0.29) is 11.8 Å². The molecule has 8 nitrogen and oxygen atoms in total. The lowest BCUT2D eigenvalue weighted by molar-refractivity contribution is -0.140. The normalized spacial score (nSPS) is 18.8. The SMILES string of the molecule is Cc1nc2ncnn2c(C)c1CC(=O)N1CCC(C(=O)N2CCCCCC2)CC1. The molecule has 0 bridgehead atoms. The van der Waals surface area contributed by atoms with Crippen molar-refractivity contribution in [3.8, 4) is 0 Å². The minimum atomic E-state index is 0.0637. The maximum atomic E-state index is 12.9. The van der Waals surface area contributed by atoms with Gasteiger partial charge < -0.3 is 9.80 Å². The van der Waals surface area contributed by atoms with E-state index in [1.165, 1.54) is 19.2 Å². The van der Waals surface area contributed by atoms with E-state index in [1.54, 1.807) is 4.52 Å². The molecule has 8 heteroatoms. The molecule has 2 aromatic heterocycles. The molecular weight excluding hydrogens is 368 g/mol. The highest BCUT2D eigenvalue weighted by Crippen LogP contribution is 2.23. The fourth-order valence-corrected chi connectivity index (χ4v) is 4.60. The Labute approximate surface area is 171 Å². The van der Waals surface area contributed by atoms with E-state index in [0.29, 0.717) is 31.2 Å². The van der Waals surface area contributed by atoms with Gasteiger partial charge in [-0.3, -0.25) is 9.59 Å². The van der Waals surface area contributed by atoms with Crippen molar-refractivity contribution in [2.24, 2.45) is 5.92 Å². The molecule has 2 aliphatic heterocycles. The molecule has 0 N–H and O–H groups in total. The molecule has 4 heterocycles. The van der Waals surface area contributed by atoms with E-state index in [1.807, 2.05) is 18.7 Å². The zero-order valence-corrected chi connectivity index (χ0v) is 17.4. The van der Waals surface area contributed by atoms with Gasteiger partial charge in [-0.25, -0.2) is 9.50 Å². The summed E-state index contributed by atoms with van der Waals surface area (Å²) in [5, 5.41) is 4.20. The Kier molecular flexibility index (Phi) is 5.78. The highest BCUT2D eigenvalue weighted by Gasteiger charge is 2.30. The van der Waals surface area contributed by atoms with Crippen molar-refractivity contribution >= 4 is 17.6 Å². The smallest absolute Gasteiger partial charge is 0.252 e. The van der Waals surface area contributed by atoms with Gasteiger partial charge in [0.2, 0.25) is 11.8 Å². The lowest BCUT2D eigenvalue weighted by Gasteiger charge is -2.34. The first-order valence-electron chi connectivity index (χ1n) is 10.8. The lowest BCUT2D eigenvalue weighted by Crippen LogP contribution is -2.45. The molecule has 2 amide bonds. The topological polar surface area (TPSA) is 83.7 Å². The first-order chi connectivity index (χ1) is 14.0. The Balaban J connectivity index is 1.36. The molecule has 2 fully saturated rings. The summed E-state index contributed by atoms with van der Waals surface area (Å²) < 4.78 is 1.68. The van der Waals surface area contributed by atoms with Crippen LogP contribution in [-0.4, -0.2) is 67.4 Å². The first kappa shape index (κ1) is 19.8. The van der Waals surface area contributed by atoms with Gasteiger partial charge in [0.1, 0.15) is 6.33 Å². The number of nitrogens with zero attached hydrogens (tertiary/aromatic N) is 6. The Morgan fingerprint density at radius 3 is 2.38 bits per heavy atom. The fraction of sp³-hybridized carbons (Fsp3) is 0.667. The second-order valence-electron chi connectivity index (χ2n) is 8.30. The van der Waals surface area contributed by atoms with E-state index in [9.17, 15) is 9.59 Å². The van der Waals surface area contributed by atoms with E-state index >= 15 is 0 Å². The van der Waals surface area contributed by atoms with Crippen molar-refractivity contribution in [3.05, 3.63) is 23.3 Å². The highest BCUT2D eigenvalue weighted by atomic mass is 16.2. The summed E-state index contributed by atoms with van der Waals surface area (Å²) in [6.07, 6.45) is 8.00. The van der Waals surface area contributed by atoms with Crippen LogP contribution in [-0.2, 0) is 16.0 Å². The number of likely N-dealkylation sites (tertiary alicyclic amines) is 2. The molecule has 0 saturated carbocycles. The Morgan fingerprint density at radius 1 is 1.00 bits per heavy atom. The summed E-state index contributed by atoms with van der Waals surface area (Å²) in [5.41, 5.74) is 2.64. The number of hydrogen-bond donors (Lipinski definition) is 0. The maximum absolute atomic E-state index is 12.9. The summed E-state index contributed by atoms with van der Waals surface area (Å²) in [5.74, 6) is 1.02. The van der Waals surface area contributed by atoms with Gasteiger partial charge >= 0.3 is 0 Å². The van der Waals surface area contributed by atoms with Gasteiger partial charge in [0.25, 0.3) is 5.78 Å². The van der Waals surface area contributed by atoms with Crippen LogP contribution in [0.25, 0.3) is 5.78 Å². The third-order valence-corrected chi connectivity index (χ3v) is 6.43. The van der Waals surface area contributed by atoms with Crippen LogP contribution in [0.2, 0.25) is 0 Å². The number of fused-ring (bicyclic) bond motifs is 1. The molecule has 0 atom stereocenters. The fourth-order valence-electron chi connectivity index (χ4n) is 4.60. The molecule has 0 aromatic carbocycles. The maximum Gasteiger partial charge on any atom is 0.252 e. The van der Waals surface area contributed by atoms with Crippen molar-refractivity contribution in [3.63, 3.8) is 0 Å². The molecular formula is C21H30N6O2. The van der Waals surface area contributed by atoms with Gasteiger partial charge in [-0.1, -0.05) is 12.8 Å². The number of piperidine rings is 1. The van der Waals surface area contributed by atoms with Crippen molar-refractivity contribution in [2.45, 2.75) is 58.8 Å². The van der Waals surface area contributed by atoms with Crippen LogP contribution in [0.4, 0.5) is 0 Å². The molecule has 29 heavy (non-hydrogen) atoms. The van der Waals surface area contributed by atoms with Crippen LogP contribution < -0.4 is 0 Å². The van der Waals surface area contributed by atoms with E-state index in [4.69, 9.17) is 0 Å². The number of aryl methyl sites for hydroxylation is 2. The monoisotopic (exact) mass is 398 g/mol. The largest absolute Gasteiger partial charge is 0.342 e. The number of carbonyl (C=O) groups is 2. The second kappa shape index (κ2) is 8.47. The predicted molar refractivity (Wildman–Crippen MR) is 108 cm³/mol. The van der Waals surface area contributed by atoms with Crippen LogP contribution in [0, 0.1) is 19.8 Å². The summed E-state index contributed by atoms with van der Waals surface area (Å²) in [4.78, 5) is 38.3. The number of carbonyl (C=O) groups excluding carboxylic acids is 2. The van der Waals surface area contributed by atoms with E-state index in [0.717, 1.165) is 55.7 Å². The van der Waals surface area contributed by atoms with E-state index < -0.39 is 0 Å². The molecule has 156 valence electrons. The van der Waals surface area contributed by atoms with Crippen LogP contribution in [0.3, 0.4) is 0 Å². The zero-order chi connectivity index (χ0) is 20.4. The van der Waals surface area contributed by atoms with Gasteiger partial charge in [0.05, 0.1) is 6.42 Å². The minimum Gasteiger partial charge on any atom is -0.342 e. The molecule has 0 spiro atoms. The standard InChI is InChI=1S/C21H30N6O2/c1-15-18(16(2)27-21(24-15)22-14-23-27)13-19(28)25-11-7-17(8-12-25)20(29)26-9-5-3-4-6-10-26/h14,17H,3-13H2,1-2H3. The first-order valence-corrected chi connectivity index (χ1v) is 10.8. The van der Waals surface area contributed by atoms with Gasteiger partial charge in [0, 0.05) is 49.0 Å². The number of hydrogen-bond acceptors (Lipinski definition) is 5. The van der Waals surface area contributed by atoms with Crippen LogP contribution in [0.1, 0.15) is 55.5 Å². The quantitative estimate of drug-likeness (QED) is 0.789. The third kappa shape index (κ3) is 4.11. The van der Waals surface area contributed by atoms with Crippen molar-refractivity contribution < 1.29 is 9.59 Å². The summed E-state index contributed by atoms with van der Waals surface area (Å²) in [7, 11) is 0. The average Bonchev–Trinajstić information content (AvgIpc) is 3.03. The van der Waals surface area contributed by atoms with Gasteiger partial charge in [-0.2, -0.15) is 10.1 Å². The molecule has 0 unspecified atom stereocenters. The third-order valence-electron chi connectivity index (χ3n) is 6.43. The molecule has 4 rings (SSSR count). The lowest BCUT2D eigenvalue weighted by atomic mass is 9.94. The molecule has 2 saturated heterocycles. The van der Waals surface area contributed by atoms with Gasteiger partial charge in [-0.15, -0.1) is 0 Å². The number of aromatic nitrogens is 4. The Bertz CT molecular complexity index is 892. The Hall–Kier alpha value is -2.51. The average molecular weight is 399 g/mol. The summed E-state index contributed by atoms with van der Waals surface area (Å²) in [6.45, 7) is 6.96. The van der Waals surface area contributed by atoms with Crippen LogP contribution >= 0.6 is 0 Å². The van der Waals surface area contributed by atoms with Crippen molar-refractivity contribution in [1.82, 2.24) is 29.4 Å². The second-order valence-corrected chi connectivity index (χ2v) is 8.30. The van der Waals surface area contributed by atoms with Gasteiger partial charge in [-0.05, 0) is 39.5 Å². The highest BCUT2D eigenvalue weighted by molar-refractivity contribution is 5.81. The molecule has 2 aromatic rings. The zero-order valence-electron chi connectivity index (χ0n) is 17.4. The van der Waals surface area contributed by atoms with Crippen molar-refractivity contribution in [1.29, 1.82) is 0 Å². The van der Waals surface area contributed by atoms with Gasteiger partial charge in [0.15, 0.2) is 0 Å². The van der Waals surface area contributed by atoms with Crippen LogP contribution in [0.15, 0.2) is 6.33 Å². The Morgan fingerprint density at radius 2 is 1.69 bits per heavy atom. The van der Waals surface area contributed by atoms with E-state index in [2.05, 4.69) is 20.0 Å².